The fourth-order valence-electron chi connectivity index (χ4n) is 2.29. The highest BCUT2D eigenvalue weighted by Crippen LogP contribution is 2.36. The van der Waals surface area contributed by atoms with E-state index < -0.39 is 10.0 Å². The van der Waals surface area contributed by atoms with Crippen molar-refractivity contribution in [3.8, 4) is 10.4 Å². The molecule has 3 rings (SSSR count). The van der Waals surface area contributed by atoms with Crippen LogP contribution in [0.4, 0.5) is 5.69 Å². The van der Waals surface area contributed by atoms with Crippen LogP contribution < -0.4 is 4.72 Å². The van der Waals surface area contributed by atoms with Crippen molar-refractivity contribution in [1.29, 1.82) is 0 Å². The fraction of sp³-hybridized carbons (Fsp3) is 0.0588. The Morgan fingerprint density at radius 1 is 1.04 bits per heavy atom. The van der Waals surface area contributed by atoms with Gasteiger partial charge < -0.3 is 0 Å². The van der Waals surface area contributed by atoms with Crippen molar-refractivity contribution < 1.29 is 8.42 Å². The van der Waals surface area contributed by atoms with E-state index in [1.165, 1.54) is 11.3 Å². The lowest BCUT2D eigenvalue weighted by Crippen LogP contribution is -2.13. The number of benzene rings is 2. The predicted octanol–water partition coefficient (Wildman–Crippen LogP) is 5.83. The van der Waals surface area contributed by atoms with Crippen LogP contribution in [0.5, 0.6) is 0 Å². The number of anilines is 1. The van der Waals surface area contributed by atoms with Gasteiger partial charge in [-0.1, -0.05) is 47.5 Å². The van der Waals surface area contributed by atoms with Gasteiger partial charge in [-0.15, -0.1) is 11.3 Å². The molecular formula is C17H13Cl2NO2S2. The van der Waals surface area contributed by atoms with Crippen LogP contribution in [0.25, 0.3) is 10.4 Å². The van der Waals surface area contributed by atoms with Gasteiger partial charge in [0.2, 0.25) is 0 Å². The fourth-order valence-corrected chi connectivity index (χ4v) is 5.10. The summed E-state index contributed by atoms with van der Waals surface area (Å²) < 4.78 is 27.7. The second-order valence-corrected chi connectivity index (χ2v) is 8.60. The molecule has 3 aromatic rings. The zero-order valence-corrected chi connectivity index (χ0v) is 15.7. The molecule has 1 N–H and O–H groups in total. The highest BCUT2D eigenvalue weighted by Gasteiger charge is 2.17. The normalized spacial score (nSPS) is 11.5. The monoisotopic (exact) mass is 397 g/mol. The average molecular weight is 398 g/mol. The van der Waals surface area contributed by atoms with Gasteiger partial charge in [-0.05, 0) is 36.8 Å². The third-order valence-electron chi connectivity index (χ3n) is 3.43. The van der Waals surface area contributed by atoms with Gasteiger partial charge in [-0.3, -0.25) is 4.72 Å². The highest BCUT2D eigenvalue weighted by molar-refractivity contribution is 7.92. The van der Waals surface area contributed by atoms with E-state index in [0.29, 0.717) is 21.3 Å². The first-order valence-corrected chi connectivity index (χ1v) is 10.1. The molecule has 0 unspecified atom stereocenters. The van der Waals surface area contributed by atoms with E-state index in [1.54, 1.807) is 54.8 Å². The summed E-state index contributed by atoms with van der Waals surface area (Å²) >= 11 is 13.5. The Labute approximate surface area is 154 Å². The number of sulfonamides is 1. The molecule has 24 heavy (non-hydrogen) atoms. The van der Waals surface area contributed by atoms with Gasteiger partial charge in [0.25, 0.3) is 10.0 Å². The molecule has 0 spiro atoms. The maximum absolute atomic E-state index is 12.5. The second-order valence-electron chi connectivity index (χ2n) is 5.19. The van der Waals surface area contributed by atoms with Crippen LogP contribution in [0.15, 0.2) is 58.8 Å². The summed E-state index contributed by atoms with van der Waals surface area (Å²) in [5, 5.41) is 2.83. The minimum absolute atomic E-state index is 0.266. The van der Waals surface area contributed by atoms with Crippen LogP contribution in [0, 0.1) is 6.92 Å². The smallest absolute Gasteiger partial charge is 0.262 e. The summed E-state index contributed by atoms with van der Waals surface area (Å²) in [5.74, 6) is 0. The third kappa shape index (κ3) is 3.59. The Hall–Kier alpha value is -1.53. The van der Waals surface area contributed by atoms with Crippen molar-refractivity contribution in [3.63, 3.8) is 0 Å². The predicted molar refractivity (Wildman–Crippen MR) is 102 cm³/mol. The van der Waals surface area contributed by atoms with Crippen molar-refractivity contribution >= 4 is 50.2 Å². The van der Waals surface area contributed by atoms with Crippen molar-refractivity contribution in [1.82, 2.24) is 0 Å². The van der Waals surface area contributed by atoms with E-state index in [2.05, 4.69) is 4.72 Å². The lowest BCUT2D eigenvalue weighted by Gasteiger charge is -2.08. The SMILES string of the molecule is Cc1ccccc1S(=O)(=O)Nc1csc(-c2ccc(Cl)cc2Cl)c1. The quantitative estimate of drug-likeness (QED) is 0.601. The molecule has 1 aromatic heterocycles. The largest absolute Gasteiger partial charge is 0.279 e. The van der Waals surface area contributed by atoms with Gasteiger partial charge in [-0.2, -0.15) is 0 Å². The molecule has 0 saturated heterocycles. The molecule has 0 fully saturated rings. The Bertz CT molecular complexity index is 997. The molecule has 2 aromatic carbocycles. The Morgan fingerprint density at radius 3 is 2.50 bits per heavy atom. The summed E-state index contributed by atoms with van der Waals surface area (Å²) in [4.78, 5) is 1.13. The maximum Gasteiger partial charge on any atom is 0.262 e. The molecule has 0 bridgehead atoms. The van der Waals surface area contributed by atoms with Gasteiger partial charge in [0.05, 0.1) is 15.6 Å². The summed E-state index contributed by atoms with van der Waals surface area (Å²) in [6.07, 6.45) is 0. The summed E-state index contributed by atoms with van der Waals surface area (Å²) in [6, 6.07) is 13.8. The Balaban J connectivity index is 1.90. The minimum Gasteiger partial charge on any atom is -0.279 e. The number of halogens is 2. The standard InChI is InChI=1S/C17H13Cl2NO2S2/c1-11-4-2-3-5-17(11)24(21,22)20-13-9-16(23-10-13)14-7-6-12(18)8-15(14)19/h2-10,20H,1H3. The van der Waals surface area contributed by atoms with E-state index in [9.17, 15) is 8.42 Å². The number of aryl methyl sites for hydroxylation is 1. The van der Waals surface area contributed by atoms with Crippen LogP contribution in [0.1, 0.15) is 5.56 Å². The highest BCUT2D eigenvalue weighted by atomic mass is 35.5. The topological polar surface area (TPSA) is 46.2 Å². The lowest BCUT2D eigenvalue weighted by atomic mass is 10.2. The molecule has 0 aliphatic carbocycles. The van der Waals surface area contributed by atoms with Crippen LogP contribution in [-0.4, -0.2) is 8.42 Å². The number of rotatable bonds is 4. The molecule has 1 heterocycles. The van der Waals surface area contributed by atoms with Crippen molar-refractivity contribution in [2.75, 3.05) is 4.72 Å². The number of thiophene rings is 1. The lowest BCUT2D eigenvalue weighted by molar-refractivity contribution is 0.600. The molecule has 0 saturated carbocycles. The second kappa shape index (κ2) is 6.76. The van der Waals surface area contributed by atoms with E-state index in [1.807, 2.05) is 6.07 Å². The van der Waals surface area contributed by atoms with Crippen molar-refractivity contribution in [3.05, 3.63) is 69.5 Å². The molecule has 0 radical (unpaired) electrons. The molecule has 0 aliphatic rings. The number of hydrogen-bond donors (Lipinski definition) is 1. The van der Waals surface area contributed by atoms with E-state index in [0.717, 1.165) is 10.4 Å². The zero-order chi connectivity index (χ0) is 17.3. The molecule has 7 heteroatoms. The minimum atomic E-state index is -3.63. The molecule has 0 atom stereocenters. The Kier molecular flexibility index (Phi) is 4.88. The van der Waals surface area contributed by atoms with Crippen LogP contribution >= 0.6 is 34.5 Å². The van der Waals surface area contributed by atoms with Crippen LogP contribution in [0.3, 0.4) is 0 Å². The number of hydrogen-bond acceptors (Lipinski definition) is 3. The number of nitrogens with one attached hydrogen (secondary N) is 1. The van der Waals surface area contributed by atoms with E-state index >= 15 is 0 Å². The zero-order valence-electron chi connectivity index (χ0n) is 12.6. The van der Waals surface area contributed by atoms with Gasteiger partial charge in [0.1, 0.15) is 0 Å². The van der Waals surface area contributed by atoms with Gasteiger partial charge in [0, 0.05) is 20.8 Å². The molecule has 124 valence electrons. The summed E-state index contributed by atoms with van der Waals surface area (Å²) in [7, 11) is -3.63. The van der Waals surface area contributed by atoms with Gasteiger partial charge in [0.15, 0.2) is 0 Å². The first-order chi connectivity index (χ1) is 11.4. The average Bonchev–Trinajstić information content (AvgIpc) is 2.95. The van der Waals surface area contributed by atoms with E-state index in [-0.39, 0.29) is 4.90 Å². The van der Waals surface area contributed by atoms with Crippen molar-refractivity contribution in [2.45, 2.75) is 11.8 Å². The molecular weight excluding hydrogens is 385 g/mol. The molecule has 0 amide bonds. The maximum atomic E-state index is 12.5. The van der Waals surface area contributed by atoms with Gasteiger partial charge in [-0.25, -0.2) is 8.42 Å². The van der Waals surface area contributed by atoms with Crippen molar-refractivity contribution in [2.24, 2.45) is 0 Å². The summed E-state index contributed by atoms with van der Waals surface area (Å²) in [5.41, 5.74) is 2.01. The van der Waals surface area contributed by atoms with E-state index in [4.69, 9.17) is 23.2 Å². The molecule has 3 nitrogen and oxygen atoms in total. The first-order valence-electron chi connectivity index (χ1n) is 6.99. The van der Waals surface area contributed by atoms with Crippen LogP contribution in [0.2, 0.25) is 10.0 Å². The molecule has 0 aliphatic heterocycles. The van der Waals surface area contributed by atoms with Gasteiger partial charge >= 0.3 is 0 Å². The first kappa shape index (κ1) is 17.3. The third-order valence-corrected chi connectivity index (χ3v) is 6.48. The summed E-state index contributed by atoms with van der Waals surface area (Å²) in [6.45, 7) is 1.76. The van der Waals surface area contributed by atoms with Crippen LogP contribution in [-0.2, 0) is 10.0 Å². The Morgan fingerprint density at radius 2 is 1.79 bits per heavy atom.